The molecule has 0 saturated carbocycles. The summed E-state index contributed by atoms with van der Waals surface area (Å²) < 4.78 is 55.6. The molecule has 0 spiro atoms. The minimum absolute atomic E-state index is 0.00956. The number of halogens is 1. The number of nitrogens with one attached hydrogen (secondary N) is 1. The van der Waals surface area contributed by atoms with Crippen molar-refractivity contribution in [3.8, 4) is 11.1 Å². The van der Waals surface area contributed by atoms with Crippen LogP contribution in [0.15, 0.2) is 73.1 Å². The molecule has 0 aliphatic carbocycles. The number of aromatic carboxylic acids is 1. The number of carboxylic acid groups (broad SMARTS) is 1. The van der Waals surface area contributed by atoms with Gasteiger partial charge in [0.1, 0.15) is 5.83 Å². The number of carbonyl (C=O) groups is 1. The van der Waals surface area contributed by atoms with Crippen LogP contribution in [-0.2, 0) is 4.74 Å². The molecule has 4 aromatic rings. The molecule has 0 bridgehead atoms. The second-order valence-electron chi connectivity index (χ2n) is 8.00. The van der Waals surface area contributed by atoms with E-state index in [9.17, 15) is 14.3 Å². The van der Waals surface area contributed by atoms with Gasteiger partial charge >= 0.3 is 5.97 Å². The smallest absolute Gasteiger partial charge is 0.335 e. The average molecular weight is 467 g/mol. The average Bonchev–Trinajstić information content (AvgIpc) is 3.49. The van der Waals surface area contributed by atoms with Crippen LogP contribution in [0.25, 0.3) is 39.1 Å². The van der Waals surface area contributed by atoms with E-state index >= 15 is 0 Å². The van der Waals surface area contributed by atoms with Gasteiger partial charge in [-0.05, 0) is 60.9 Å². The van der Waals surface area contributed by atoms with Crippen molar-refractivity contribution in [3.63, 3.8) is 0 Å². The number of aromatic nitrogens is 3. The van der Waals surface area contributed by atoms with Crippen LogP contribution in [0.3, 0.4) is 0 Å². The number of allylic oxidation sites excluding steroid dienone is 4. The number of ether oxygens (including phenoxy) is 1. The number of aromatic amines is 1. The lowest BCUT2D eigenvalue weighted by Crippen LogP contribution is -2.16. The molecular formula is C27H24FN3O3. The van der Waals surface area contributed by atoms with Crippen molar-refractivity contribution in [2.75, 3.05) is 13.2 Å². The first-order valence-corrected chi connectivity index (χ1v) is 10.8. The largest absolute Gasteiger partial charge is 0.478 e. The van der Waals surface area contributed by atoms with Gasteiger partial charge in [-0.1, -0.05) is 18.7 Å². The van der Waals surface area contributed by atoms with E-state index in [2.05, 4.69) is 16.8 Å². The molecule has 0 atom stereocenters. The lowest BCUT2D eigenvalue weighted by Gasteiger charge is -2.24. The van der Waals surface area contributed by atoms with Crippen LogP contribution in [0, 0.1) is 0 Å². The number of carboxylic acids is 1. The highest BCUT2D eigenvalue weighted by atomic mass is 19.2. The third kappa shape index (κ3) is 3.95. The number of hydrogen-bond donors (Lipinski definition) is 2. The highest BCUT2D eigenvalue weighted by molar-refractivity contribution is 6.06. The van der Waals surface area contributed by atoms with Gasteiger partial charge < -0.3 is 14.4 Å². The molecule has 2 aromatic heterocycles. The fourth-order valence-electron chi connectivity index (χ4n) is 4.40. The second-order valence-corrected chi connectivity index (χ2v) is 8.00. The molecule has 3 heterocycles. The lowest BCUT2D eigenvalue weighted by molar-refractivity contribution is 0.0697. The molecule has 1 saturated heterocycles. The Hall–Kier alpha value is -3.97. The van der Waals surface area contributed by atoms with Gasteiger partial charge in [-0.2, -0.15) is 5.10 Å². The van der Waals surface area contributed by atoms with Gasteiger partial charge in [0.2, 0.25) is 0 Å². The molecule has 2 aromatic carbocycles. The highest BCUT2D eigenvalue weighted by Crippen LogP contribution is 2.43. The maximum Gasteiger partial charge on any atom is 0.335 e. The van der Waals surface area contributed by atoms with Gasteiger partial charge in [0.05, 0.1) is 28.3 Å². The van der Waals surface area contributed by atoms with Gasteiger partial charge in [-0.3, -0.25) is 5.10 Å². The minimum atomic E-state index is -1.53. The monoisotopic (exact) mass is 467 g/mol. The Morgan fingerprint density at radius 1 is 1.29 bits per heavy atom. The molecule has 5 rings (SSSR count). The molecule has 1 fully saturated rings. The van der Waals surface area contributed by atoms with E-state index in [4.69, 9.17) is 10.2 Å². The zero-order chi connectivity index (χ0) is 27.1. The fraction of sp³-hybridized carbons (Fsp3) is 0.185. The van der Waals surface area contributed by atoms with E-state index in [1.54, 1.807) is 12.4 Å². The van der Waals surface area contributed by atoms with E-state index in [1.165, 1.54) is 12.2 Å². The first-order chi connectivity index (χ1) is 18.2. The van der Waals surface area contributed by atoms with Crippen LogP contribution in [0.1, 0.15) is 40.3 Å². The number of H-pyrrole nitrogens is 1. The zero-order valence-corrected chi connectivity index (χ0v) is 18.2. The molecule has 0 radical (unpaired) electrons. The maximum atomic E-state index is 13.9. The number of benzene rings is 2. The van der Waals surface area contributed by atoms with E-state index in [0.717, 1.165) is 17.2 Å². The fourth-order valence-corrected chi connectivity index (χ4v) is 4.40. The van der Waals surface area contributed by atoms with Gasteiger partial charge in [-0.25, -0.2) is 9.18 Å². The lowest BCUT2D eigenvalue weighted by atomic mass is 9.90. The Labute approximate surface area is 201 Å². The van der Waals surface area contributed by atoms with Crippen LogP contribution in [0.2, 0.25) is 0 Å². The summed E-state index contributed by atoms with van der Waals surface area (Å²) >= 11 is 0. The van der Waals surface area contributed by atoms with Crippen molar-refractivity contribution in [2.24, 2.45) is 0 Å². The first-order valence-electron chi connectivity index (χ1n) is 12.8. The SMILES string of the molecule is [2H]c1c([2H])c(-c2c(C3CCOCC3)n(/[13CH]=[13CH]/[13CH]=[13C](/F)[13CH]=[13CH2])c3cc4cn[nH]c4cc23)c([2H])c([2H])c1C(=O)O. The molecule has 172 valence electrons. The number of rotatable bonds is 6. The summed E-state index contributed by atoms with van der Waals surface area (Å²) in [5.41, 5.74) is 1.91. The first kappa shape index (κ1) is 17.5. The zero-order valence-electron chi connectivity index (χ0n) is 22.2. The Morgan fingerprint density at radius 2 is 2.06 bits per heavy atom. The normalized spacial score (nSPS) is 17.1. The highest BCUT2D eigenvalue weighted by Gasteiger charge is 2.27. The van der Waals surface area contributed by atoms with Gasteiger partial charge in [0.15, 0.2) is 0 Å². The predicted molar refractivity (Wildman–Crippen MR) is 131 cm³/mol. The summed E-state index contributed by atoms with van der Waals surface area (Å²) in [5.74, 6) is -2.13. The molecule has 0 unspecified atom stereocenters. The molecule has 6 nitrogen and oxygen atoms in total. The van der Waals surface area contributed by atoms with Crippen LogP contribution >= 0.6 is 0 Å². The van der Waals surface area contributed by atoms with Crippen LogP contribution in [0.5, 0.6) is 0 Å². The van der Waals surface area contributed by atoms with Crippen LogP contribution in [-0.4, -0.2) is 39.1 Å². The molecule has 34 heavy (non-hydrogen) atoms. The summed E-state index contributed by atoms with van der Waals surface area (Å²) in [4.78, 5) is 11.8. The van der Waals surface area contributed by atoms with E-state index < -0.39 is 41.5 Å². The van der Waals surface area contributed by atoms with E-state index in [1.807, 2.05) is 16.7 Å². The van der Waals surface area contributed by atoms with Gasteiger partial charge in [0, 0.05) is 47.4 Å². The van der Waals surface area contributed by atoms with Crippen molar-refractivity contribution >= 4 is 34.0 Å². The summed E-state index contributed by atoms with van der Waals surface area (Å²) in [7, 11) is 0. The third-order valence-electron chi connectivity index (χ3n) is 5.98. The van der Waals surface area contributed by atoms with Crippen molar-refractivity contribution in [2.45, 2.75) is 18.8 Å². The Balaban J connectivity index is 1.94. The number of fused-ring (bicyclic) bond motifs is 2. The third-order valence-corrected chi connectivity index (χ3v) is 5.98. The predicted octanol–water partition coefficient (Wildman–Crippen LogP) is 6.29. The second kappa shape index (κ2) is 9.11. The van der Waals surface area contributed by atoms with Gasteiger partial charge in [-0.15, -0.1) is 0 Å². The van der Waals surface area contributed by atoms with Crippen molar-refractivity contribution in [1.82, 2.24) is 14.8 Å². The molecule has 0 amide bonds. The molecule has 1 aliphatic heterocycles. The quantitative estimate of drug-likeness (QED) is 0.258. The number of hydrogen-bond acceptors (Lipinski definition) is 3. The Morgan fingerprint density at radius 3 is 2.76 bits per heavy atom. The summed E-state index contributed by atoms with van der Waals surface area (Å²) in [6.07, 6.45) is 8.52. The Kier molecular flexibility index (Phi) is 4.69. The van der Waals surface area contributed by atoms with E-state index in [0.29, 0.717) is 48.0 Å². The van der Waals surface area contributed by atoms with Crippen molar-refractivity contribution < 1.29 is 24.5 Å². The summed E-state index contributed by atoms with van der Waals surface area (Å²) in [5, 5.41) is 18.0. The molecule has 2 N–H and O–H groups in total. The standard InChI is InChI=1S/C27H24FN3O3/c1-2-21(28)4-3-11-31-24-14-20-16-29-30-23(20)15-22(24)25(26(31)18-9-12-34-13-10-18)17-5-7-19(8-6-17)27(32)33/h2-8,11,14-16,18H,1,9-10,12-13H2,(H,29,30)(H,32,33)/b11-3+,21-4+/i1+1,2+1,3+1,4+1,5D,6D,7D,8D,11+1,21+1. The summed E-state index contributed by atoms with van der Waals surface area (Å²) in [6, 6.07) is 1.59. The molecular weight excluding hydrogens is 439 g/mol. The van der Waals surface area contributed by atoms with E-state index in [-0.39, 0.29) is 11.5 Å². The van der Waals surface area contributed by atoms with Gasteiger partial charge in [0.25, 0.3) is 0 Å². The molecule has 1 aliphatic rings. The summed E-state index contributed by atoms with van der Waals surface area (Å²) in [6.45, 7) is 4.42. The molecule has 7 heteroatoms. The maximum absolute atomic E-state index is 13.9. The van der Waals surface area contributed by atoms with Crippen LogP contribution in [0.4, 0.5) is 4.39 Å². The minimum Gasteiger partial charge on any atom is -0.478 e. The van der Waals surface area contributed by atoms with Crippen molar-refractivity contribution in [3.05, 3.63) is 84.4 Å². The Bertz CT molecular complexity index is 1640. The number of nitrogens with zero attached hydrogens (tertiary/aromatic N) is 2. The van der Waals surface area contributed by atoms with Crippen LogP contribution < -0.4 is 0 Å². The topological polar surface area (TPSA) is 80.1 Å². The van der Waals surface area contributed by atoms with Crippen molar-refractivity contribution in [1.29, 1.82) is 0 Å².